The van der Waals surface area contributed by atoms with Crippen LogP contribution in [0.1, 0.15) is 5.56 Å². The molecule has 5 heteroatoms. The van der Waals surface area contributed by atoms with Crippen LogP contribution in [0.2, 0.25) is 0 Å². The average Bonchev–Trinajstić information content (AvgIpc) is 2.08. The Morgan fingerprint density at radius 1 is 1.43 bits per heavy atom. The summed E-state index contributed by atoms with van der Waals surface area (Å²) in [6, 6.07) is 5.22. The van der Waals surface area contributed by atoms with Crippen LogP contribution in [0.4, 0.5) is 0 Å². The summed E-state index contributed by atoms with van der Waals surface area (Å²) in [5.41, 5.74) is 6.02. The Hall–Kier alpha value is -0.953. The van der Waals surface area contributed by atoms with Gasteiger partial charge in [0, 0.05) is 6.04 Å². The molecule has 4 nitrogen and oxygen atoms in total. The topological polar surface area (TPSA) is 86.4 Å². The zero-order valence-electron chi connectivity index (χ0n) is 7.93. The van der Waals surface area contributed by atoms with Crippen molar-refractivity contribution in [3.8, 4) is 5.75 Å². The van der Waals surface area contributed by atoms with Gasteiger partial charge in [-0.25, -0.2) is 0 Å². The molecule has 0 saturated heterocycles. The molecule has 0 saturated carbocycles. The normalized spacial score (nSPS) is 11.5. The number of aliphatic carboxylic acids is 1. The van der Waals surface area contributed by atoms with E-state index in [-0.39, 0.29) is 31.0 Å². The number of phenols is 1. The number of carbonyl (C=O) groups is 1. The molecule has 14 heavy (non-hydrogen) atoms. The van der Waals surface area contributed by atoms with Crippen molar-refractivity contribution < 1.29 is 33.9 Å². The van der Waals surface area contributed by atoms with Crippen LogP contribution in [-0.4, -0.2) is 17.1 Å². The molecule has 0 amide bonds. The molecule has 0 aliphatic carbocycles. The van der Waals surface area contributed by atoms with Crippen LogP contribution in [0.25, 0.3) is 0 Å². The minimum Gasteiger partial charge on any atom is -0.548 e. The number of phenolic OH excluding ortho intramolecular Hbond substituents is 1. The van der Waals surface area contributed by atoms with Crippen LogP contribution >= 0.6 is 0 Å². The Morgan fingerprint density at radius 2 is 1.93 bits per heavy atom. The van der Waals surface area contributed by atoms with Crippen molar-refractivity contribution in [2.45, 2.75) is 12.5 Å². The Labute approximate surface area is 93.9 Å². The van der Waals surface area contributed by atoms with E-state index in [9.17, 15) is 9.90 Å². The summed E-state index contributed by atoms with van der Waals surface area (Å²) >= 11 is 0. The molecule has 0 aliphatic heterocycles. The third kappa shape index (κ3) is 3.84. The number of carbonyl (C=O) groups excluding carboxylic acids is 1. The monoisotopic (exact) mass is 187 g/mol. The van der Waals surface area contributed by atoms with Crippen molar-refractivity contribution >= 4 is 5.97 Å². The summed E-state index contributed by atoms with van der Waals surface area (Å²) in [5.74, 6) is -1.13. The molecule has 0 spiro atoms. The first-order valence-electron chi connectivity index (χ1n) is 3.84. The van der Waals surface area contributed by atoms with Gasteiger partial charge >= 0.3 is 18.9 Å². The van der Waals surface area contributed by atoms with Crippen molar-refractivity contribution in [2.24, 2.45) is 5.73 Å². The van der Waals surface area contributed by atoms with Gasteiger partial charge in [-0.2, -0.15) is 0 Å². The number of benzene rings is 1. The molecule has 0 bridgehead atoms. The van der Waals surface area contributed by atoms with Crippen LogP contribution in [-0.2, 0) is 11.2 Å². The maximum atomic E-state index is 10.3. The smallest absolute Gasteiger partial charge is 0.548 e. The molecule has 3 N–H and O–H groups in total. The van der Waals surface area contributed by atoms with Gasteiger partial charge in [0.2, 0.25) is 0 Å². The summed E-state index contributed by atoms with van der Waals surface area (Å²) in [6.07, 6.45) is 0.211. The number of rotatable bonds is 3. The largest absolute Gasteiger partial charge is 1.00 e. The minimum atomic E-state index is -1.27. The number of aromatic hydroxyl groups is 1. The molecule has 70 valence electrons. The van der Waals surface area contributed by atoms with Gasteiger partial charge in [0.1, 0.15) is 5.75 Å². The first-order valence-corrected chi connectivity index (χ1v) is 3.84. The Kier molecular flexibility index (Phi) is 5.32. The van der Waals surface area contributed by atoms with Gasteiger partial charge in [0.15, 0.2) is 0 Å². The molecule has 0 fully saturated rings. The SMILES string of the molecule is N[C@@H](Cc1ccc(O)cc1)C(=O)[O-].[Li+]. The number of hydrogen-bond acceptors (Lipinski definition) is 4. The molecule has 1 rings (SSSR count). The molecule has 0 radical (unpaired) electrons. The fraction of sp³-hybridized carbons (Fsp3) is 0.222. The van der Waals surface area contributed by atoms with Crippen molar-refractivity contribution in [2.75, 3.05) is 0 Å². The summed E-state index contributed by atoms with van der Waals surface area (Å²) in [4.78, 5) is 10.3. The minimum absolute atomic E-state index is 0. The molecule has 1 aromatic rings. The zero-order chi connectivity index (χ0) is 9.84. The Morgan fingerprint density at radius 3 is 2.36 bits per heavy atom. The first-order chi connectivity index (χ1) is 6.09. The van der Waals surface area contributed by atoms with E-state index < -0.39 is 12.0 Å². The average molecular weight is 187 g/mol. The Bertz CT molecular complexity index is 299. The van der Waals surface area contributed by atoms with Crippen molar-refractivity contribution in [1.29, 1.82) is 0 Å². The van der Waals surface area contributed by atoms with Gasteiger partial charge in [-0.15, -0.1) is 0 Å². The third-order valence-electron chi connectivity index (χ3n) is 1.69. The Balaban J connectivity index is 0.00000169. The summed E-state index contributed by atoms with van der Waals surface area (Å²) < 4.78 is 0. The fourth-order valence-electron chi connectivity index (χ4n) is 0.969. The van der Waals surface area contributed by atoms with E-state index in [2.05, 4.69) is 0 Å². The van der Waals surface area contributed by atoms with Gasteiger partial charge in [0.05, 0.1) is 5.97 Å². The second-order valence-electron chi connectivity index (χ2n) is 2.80. The van der Waals surface area contributed by atoms with Gasteiger partial charge in [-0.05, 0) is 24.1 Å². The van der Waals surface area contributed by atoms with Gasteiger partial charge in [-0.1, -0.05) is 12.1 Å². The molecule has 0 aromatic heterocycles. The van der Waals surface area contributed by atoms with Crippen molar-refractivity contribution in [3.63, 3.8) is 0 Å². The van der Waals surface area contributed by atoms with Crippen LogP contribution in [0.15, 0.2) is 24.3 Å². The summed E-state index contributed by atoms with van der Waals surface area (Å²) in [6.45, 7) is 0. The van der Waals surface area contributed by atoms with Gasteiger partial charge < -0.3 is 20.7 Å². The van der Waals surface area contributed by atoms with E-state index in [0.29, 0.717) is 0 Å². The molecule has 0 heterocycles. The molecular formula is C9H10LiNO3. The molecule has 1 atom stereocenters. The van der Waals surface area contributed by atoms with E-state index in [4.69, 9.17) is 10.8 Å². The zero-order valence-corrected chi connectivity index (χ0v) is 7.93. The predicted molar refractivity (Wildman–Crippen MR) is 44.8 cm³/mol. The van der Waals surface area contributed by atoms with Crippen LogP contribution in [0.3, 0.4) is 0 Å². The fourth-order valence-corrected chi connectivity index (χ4v) is 0.969. The van der Waals surface area contributed by atoms with Gasteiger partial charge in [0.25, 0.3) is 0 Å². The first kappa shape index (κ1) is 13.0. The molecular weight excluding hydrogens is 177 g/mol. The van der Waals surface area contributed by atoms with Crippen LogP contribution in [0.5, 0.6) is 5.75 Å². The van der Waals surface area contributed by atoms with Crippen LogP contribution < -0.4 is 29.7 Å². The number of carboxylic acids is 1. The number of carboxylic acid groups (broad SMARTS) is 1. The van der Waals surface area contributed by atoms with E-state index in [1.54, 1.807) is 12.1 Å². The molecule has 0 unspecified atom stereocenters. The number of nitrogens with two attached hydrogens (primary N) is 1. The molecule has 0 aliphatic rings. The number of hydrogen-bond donors (Lipinski definition) is 2. The van der Waals surface area contributed by atoms with Crippen LogP contribution in [0, 0.1) is 0 Å². The quantitative estimate of drug-likeness (QED) is 0.472. The van der Waals surface area contributed by atoms with E-state index in [0.717, 1.165) is 5.56 Å². The van der Waals surface area contributed by atoms with E-state index >= 15 is 0 Å². The summed E-state index contributed by atoms with van der Waals surface area (Å²) in [5, 5.41) is 19.2. The maximum absolute atomic E-state index is 10.3. The summed E-state index contributed by atoms with van der Waals surface area (Å²) in [7, 11) is 0. The predicted octanol–water partition coefficient (Wildman–Crippen LogP) is -3.98. The van der Waals surface area contributed by atoms with Gasteiger partial charge in [-0.3, -0.25) is 0 Å². The maximum Gasteiger partial charge on any atom is 1.00 e. The second kappa shape index (κ2) is 5.71. The standard InChI is InChI=1S/C9H11NO3.Li/c10-8(9(12)13)5-6-1-3-7(11)4-2-6;/h1-4,8,11H,5,10H2,(H,12,13);/q;+1/p-1/t8-;/m0./s1. The second-order valence-corrected chi connectivity index (χ2v) is 2.80. The third-order valence-corrected chi connectivity index (χ3v) is 1.69. The van der Waals surface area contributed by atoms with E-state index in [1.165, 1.54) is 12.1 Å². The van der Waals surface area contributed by atoms with Crippen molar-refractivity contribution in [1.82, 2.24) is 0 Å². The molecule has 1 aromatic carbocycles. The van der Waals surface area contributed by atoms with E-state index in [1.807, 2.05) is 0 Å². The van der Waals surface area contributed by atoms with Crippen molar-refractivity contribution in [3.05, 3.63) is 29.8 Å².